The number of hydrogen-bond donors (Lipinski definition) is 2. The van der Waals surface area contributed by atoms with Crippen molar-refractivity contribution in [2.24, 2.45) is 0 Å². The summed E-state index contributed by atoms with van der Waals surface area (Å²) in [5.41, 5.74) is 3.85. The zero-order valence-electron chi connectivity index (χ0n) is 18.9. The maximum Gasteiger partial charge on any atom is 0.255 e. The second-order valence-corrected chi connectivity index (χ2v) is 8.47. The number of carbonyl (C=O) groups excluding carboxylic acids is 2. The quantitative estimate of drug-likeness (QED) is 0.362. The molecule has 0 atom stereocenters. The fraction of sp³-hybridized carbons (Fsp3) is 0.160. The van der Waals surface area contributed by atoms with E-state index in [0.29, 0.717) is 28.6 Å². The second kappa shape index (κ2) is 10.8. The molecule has 8 nitrogen and oxygen atoms in total. The number of anilines is 2. The number of aromatic nitrogens is 4. The molecule has 0 bridgehead atoms. The van der Waals surface area contributed by atoms with Crippen LogP contribution in [0.1, 0.15) is 22.8 Å². The minimum Gasteiger partial charge on any atom is -0.325 e. The van der Waals surface area contributed by atoms with Crippen LogP contribution in [0, 0.1) is 6.92 Å². The first-order chi connectivity index (χ1) is 16.5. The lowest BCUT2D eigenvalue weighted by Gasteiger charge is -2.09. The molecule has 0 saturated heterocycles. The number of nitrogens with zero attached hydrogens (tertiary/aromatic N) is 4. The standard InChI is InChI=1S/C25H24N6O2S/c1-3-31-23(18-11-13-26-14-12-18)29-30-25(31)34-16-22(32)27-20-7-9-21(10-8-20)28-24(33)19-6-4-5-17(2)15-19/h4-15H,3,16H2,1-2H3,(H,27,32)(H,28,33). The number of carbonyl (C=O) groups is 2. The Kier molecular flexibility index (Phi) is 7.34. The number of aryl methyl sites for hydroxylation is 1. The molecule has 172 valence electrons. The van der Waals surface area contributed by atoms with Crippen LogP contribution in [-0.4, -0.2) is 37.3 Å². The Balaban J connectivity index is 1.32. The summed E-state index contributed by atoms with van der Waals surface area (Å²) in [6.45, 7) is 4.64. The molecule has 0 aliphatic rings. The maximum atomic E-state index is 12.5. The van der Waals surface area contributed by atoms with Crippen molar-refractivity contribution < 1.29 is 9.59 Å². The first-order valence-corrected chi connectivity index (χ1v) is 11.8. The van der Waals surface area contributed by atoms with E-state index in [4.69, 9.17) is 0 Å². The molecule has 0 aliphatic heterocycles. The van der Waals surface area contributed by atoms with E-state index >= 15 is 0 Å². The predicted octanol–water partition coefficient (Wildman–Crippen LogP) is 4.65. The molecule has 9 heteroatoms. The van der Waals surface area contributed by atoms with Gasteiger partial charge in [-0.1, -0.05) is 29.5 Å². The molecule has 34 heavy (non-hydrogen) atoms. The summed E-state index contributed by atoms with van der Waals surface area (Å²) in [6, 6.07) is 18.2. The molecule has 2 amide bonds. The highest BCUT2D eigenvalue weighted by molar-refractivity contribution is 7.99. The van der Waals surface area contributed by atoms with Crippen molar-refractivity contribution in [1.82, 2.24) is 19.7 Å². The summed E-state index contributed by atoms with van der Waals surface area (Å²) >= 11 is 1.33. The van der Waals surface area contributed by atoms with E-state index in [1.165, 1.54) is 11.8 Å². The van der Waals surface area contributed by atoms with Gasteiger partial charge in [0.05, 0.1) is 5.75 Å². The van der Waals surface area contributed by atoms with Crippen LogP contribution in [0.3, 0.4) is 0 Å². The molecule has 2 N–H and O–H groups in total. The van der Waals surface area contributed by atoms with Crippen molar-refractivity contribution in [3.8, 4) is 11.4 Å². The van der Waals surface area contributed by atoms with Crippen LogP contribution >= 0.6 is 11.8 Å². The summed E-state index contributed by atoms with van der Waals surface area (Å²) in [6.07, 6.45) is 3.42. The van der Waals surface area contributed by atoms with Gasteiger partial charge in [0.1, 0.15) is 0 Å². The highest BCUT2D eigenvalue weighted by Crippen LogP contribution is 2.24. The van der Waals surface area contributed by atoms with E-state index in [9.17, 15) is 9.59 Å². The van der Waals surface area contributed by atoms with Gasteiger partial charge >= 0.3 is 0 Å². The molecular formula is C25H24N6O2S. The zero-order valence-corrected chi connectivity index (χ0v) is 19.7. The number of rotatable bonds is 8. The SMILES string of the molecule is CCn1c(SCC(=O)Nc2ccc(NC(=O)c3cccc(C)c3)cc2)nnc1-c1ccncc1. The molecule has 4 rings (SSSR count). The van der Waals surface area contributed by atoms with Gasteiger partial charge in [-0.2, -0.15) is 0 Å². The van der Waals surface area contributed by atoms with Crippen LogP contribution in [-0.2, 0) is 11.3 Å². The van der Waals surface area contributed by atoms with Crippen molar-refractivity contribution in [2.75, 3.05) is 16.4 Å². The normalized spacial score (nSPS) is 10.6. The van der Waals surface area contributed by atoms with E-state index in [1.54, 1.807) is 42.7 Å². The molecule has 2 aromatic heterocycles. The molecule has 0 aliphatic carbocycles. The van der Waals surface area contributed by atoms with Crippen LogP contribution in [0.15, 0.2) is 78.2 Å². The van der Waals surface area contributed by atoms with Crippen molar-refractivity contribution in [1.29, 1.82) is 0 Å². The molecule has 0 radical (unpaired) electrons. The number of nitrogens with one attached hydrogen (secondary N) is 2. The number of benzene rings is 2. The highest BCUT2D eigenvalue weighted by Gasteiger charge is 2.15. The minimum atomic E-state index is -0.178. The van der Waals surface area contributed by atoms with Crippen molar-refractivity contribution >= 4 is 35.0 Å². The summed E-state index contributed by atoms with van der Waals surface area (Å²) in [5.74, 6) is 0.608. The number of hydrogen-bond acceptors (Lipinski definition) is 6. The van der Waals surface area contributed by atoms with Crippen LogP contribution in [0.25, 0.3) is 11.4 Å². The van der Waals surface area contributed by atoms with Gasteiger partial charge in [0.2, 0.25) is 5.91 Å². The summed E-state index contributed by atoms with van der Waals surface area (Å²) < 4.78 is 1.97. The van der Waals surface area contributed by atoms with Gasteiger partial charge in [0.25, 0.3) is 5.91 Å². The van der Waals surface area contributed by atoms with Gasteiger partial charge in [-0.25, -0.2) is 0 Å². The molecule has 4 aromatic rings. The third-order valence-electron chi connectivity index (χ3n) is 5.01. The van der Waals surface area contributed by atoms with Gasteiger partial charge in [-0.05, 0) is 62.4 Å². The maximum absolute atomic E-state index is 12.5. The Labute approximate surface area is 201 Å². The third kappa shape index (κ3) is 5.68. The van der Waals surface area contributed by atoms with E-state index in [2.05, 4.69) is 25.8 Å². The van der Waals surface area contributed by atoms with Crippen LogP contribution in [0.5, 0.6) is 0 Å². The first kappa shape index (κ1) is 23.2. The lowest BCUT2D eigenvalue weighted by Crippen LogP contribution is -2.15. The number of pyridine rings is 1. The van der Waals surface area contributed by atoms with Crippen LogP contribution in [0.2, 0.25) is 0 Å². The lowest BCUT2D eigenvalue weighted by molar-refractivity contribution is -0.113. The number of thioether (sulfide) groups is 1. The third-order valence-corrected chi connectivity index (χ3v) is 5.98. The lowest BCUT2D eigenvalue weighted by atomic mass is 10.1. The van der Waals surface area contributed by atoms with Gasteiger partial charge in [0, 0.05) is 41.4 Å². The van der Waals surface area contributed by atoms with Gasteiger partial charge in [-0.15, -0.1) is 10.2 Å². The molecule has 0 fully saturated rings. The molecule has 0 unspecified atom stereocenters. The molecule has 2 aromatic carbocycles. The van der Waals surface area contributed by atoms with Crippen LogP contribution < -0.4 is 10.6 Å². The average molecular weight is 473 g/mol. The molecule has 0 saturated carbocycles. The fourth-order valence-corrected chi connectivity index (χ4v) is 4.15. The predicted molar refractivity (Wildman–Crippen MR) is 134 cm³/mol. The average Bonchev–Trinajstić information content (AvgIpc) is 3.27. The van der Waals surface area contributed by atoms with Gasteiger partial charge < -0.3 is 15.2 Å². The smallest absolute Gasteiger partial charge is 0.255 e. The summed E-state index contributed by atoms with van der Waals surface area (Å²) in [7, 11) is 0. The monoisotopic (exact) mass is 472 g/mol. The molecular weight excluding hydrogens is 448 g/mol. The molecule has 0 spiro atoms. The zero-order chi connectivity index (χ0) is 23.9. The van der Waals surface area contributed by atoms with E-state index in [0.717, 1.165) is 17.0 Å². The van der Waals surface area contributed by atoms with E-state index in [-0.39, 0.29) is 17.6 Å². The Morgan fingerprint density at radius 2 is 1.65 bits per heavy atom. The highest BCUT2D eigenvalue weighted by atomic mass is 32.2. The van der Waals surface area contributed by atoms with E-state index < -0.39 is 0 Å². The summed E-state index contributed by atoms with van der Waals surface area (Å²) in [4.78, 5) is 28.9. The minimum absolute atomic E-state index is 0.155. The van der Waals surface area contributed by atoms with Crippen LogP contribution in [0.4, 0.5) is 11.4 Å². The van der Waals surface area contributed by atoms with E-state index in [1.807, 2.05) is 48.7 Å². The Morgan fingerprint density at radius 3 is 2.32 bits per heavy atom. The number of amides is 2. The first-order valence-electron chi connectivity index (χ1n) is 10.8. The van der Waals surface area contributed by atoms with Crippen molar-refractivity contribution in [3.63, 3.8) is 0 Å². The Morgan fingerprint density at radius 1 is 0.941 bits per heavy atom. The molecule has 2 heterocycles. The fourth-order valence-electron chi connectivity index (χ4n) is 3.35. The topological polar surface area (TPSA) is 102 Å². The van der Waals surface area contributed by atoms with Crippen molar-refractivity contribution in [2.45, 2.75) is 25.5 Å². The van der Waals surface area contributed by atoms with Gasteiger partial charge in [0.15, 0.2) is 11.0 Å². The largest absolute Gasteiger partial charge is 0.325 e. The van der Waals surface area contributed by atoms with Gasteiger partial charge in [-0.3, -0.25) is 14.6 Å². The second-order valence-electron chi connectivity index (χ2n) is 7.52. The Hall–Kier alpha value is -3.98. The Bertz CT molecular complexity index is 1290. The summed E-state index contributed by atoms with van der Waals surface area (Å²) in [5, 5.41) is 14.9. The van der Waals surface area contributed by atoms with Crippen molar-refractivity contribution in [3.05, 3.63) is 84.2 Å².